The zero-order valence-electron chi connectivity index (χ0n) is 9.83. The number of hydrogen-bond donors (Lipinski definition) is 1. The van der Waals surface area contributed by atoms with Crippen molar-refractivity contribution in [3.05, 3.63) is 32.9 Å². The minimum atomic E-state index is 0.0361. The number of likely N-dealkylation sites (N-methyl/N-ethyl adjacent to an activating group) is 1. The van der Waals surface area contributed by atoms with Gasteiger partial charge in [-0.25, -0.2) is 0 Å². The van der Waals surface area contributed by atoms with Crippen molar-refractivity contribution < 1.29 is 4.79 Å². The van der Waals surface area contributed by atoms with Crippen molar-refractivity contribution in [1.29, 1.82) is 0 Å². The van der Waals surface area contributed by atoms with Crippen LogP contribution in [0.5, 0.6) is 0 Å². The van der Waals surface area contributed by atoms with Crippen molar-refractivity contribution in [3.63, 3.8) is 0 Å². The summed E-state index contributed by atoms with van der Waals surface area (Å²) in [5.41, 5.74) is 7.35. The van der Waals surface area contributed by atoms with Gasteiger partial charge in [-0.15, -0.1) is 0 Å². The minimum Gasteiger partial charge on any atom is -0.338 e. The number of carbonyl (C=O) groups excluding carboxylic acids is 1. The van der Waals surface area contributed by atoms with E-state index in [-0.39, 0.29) is 11.9 Å². The quantitative estimate of drug-likeness (QED) is 0.861. The van der Waals surface area contributed by atoms with Gasteiger partial charge in [-0.1, -0.05) is 6.07 Å². The van der Waals surface area contributed by atoms with Gasteiger partial charge < -0.3 is 10.6 Å². The fraction of sp³-hybridized carbons (Fsp3) is 0.417. The van der Waals surface area contributed by atoms with Gasteiger partial charge in [0.25, 0.3) is 5.91 Å². The van der Waals surface area contributed by atoms with E-state index < -0.39 is 0 Å². The fourth-order valence-electron chi connectivity index (χ4n) is 1.39. The van der Waals surface area contributed by atoms with E-state index in [1.807, 2.05) is 32.0 Å². The Balaban J connectivity index is 3.01. The van der Waals surface area contributed by atoms with Gasteiger partial charge in [0.2, 0.25) is 0 Å². The number of nitrogens with zero attached hydrogens (tertiary/aromatic N) is 1. The number of carbonyl (C=O) groups is 1. The molecule has 0 aliphatic heterocycles. The number of nitrogens with two attached hydrogens (primary N) is 1. The lowest BCUT2D eigenvalue weighted by molar-refractivity contribution is 0.0747. The summed E-state index contributed by atoms with van der Waals surface area (Å²) in [4.78, 5) is 13.9. The second-order valence-electron chi connectivity index (χ2n) is 3.91. The van der Waals surface area contributed by atoms with Crippen molar-refractivity contribution in [2.45, 2.75) is 19.9 Å². The second-order valence-corrected chi connectivity index (χ2v) is 5.08. The van der Waals surface area contributed by atoms with Crippen LogP contribution in [-0.2, 0) is 0 Å². The lowest BCUT2D eigenvalue weighted by Crippen LogP contribution is -2.40. The first-order chi connectivity index (χ1) is 7.49. The standard InChI is InChI=1S/C12H17IN2O/c1-8(7-14)15(3)12(16)10-5-4-6-11(13)9(10)2/h4-6,8H,7,14H2,1-3H3. The molecule has 4 heteroatoms. The van der Waals surface area contributed by atoms with Crippen LogP contribution in [0.2, 0.25) is 0 Å². The van der Waals surface area contributed by atoms with Gasteiger partial charge in [-0.05, 0) is 54.1 Å². The largest absolute Gasteiger partial charge is 0.338 e. The number of rotatable bonds is 3. The first-order valence-electron chi connectivity index (χ1n) is 5.21. The molecule has 0 aromatic heterocycles. The molecule has 1 amide bonds. The van der Waals surface area contributed by atoms with Crippen LogP contribution in [0.4, 0.5) is 0 Å². The van der Waals surface area contributed by atoms with E-state index in [1.54, 1.807) is 11.9 Å². The minimum absolute atomic E-state index is 0.0361. The van der Waals surface area contributed by atoms with E-state index in [4.69, 9.17) is 5.73 Å². The Bertz CT molecular complexity index is 393. The molecule has 3 nitrogen and oxygen atoms in total. The third kappa shape index (κ3) is 2.74. The van der Waals surface area contributed by atoms with Crippen LogP contribution in [0.25, 0.3) is 0 Å². The predicted molar refractivity (Wildman–Crippen MR) is 74.5 cm³/mol. The molecular formula is C12H17IN2O. The molecule has 0 saturated heterocycles. The Kier molecular flexibility index (Phi) is 4.73. The number of benzene rings is 1. The summed E-state index contributed by atoms with van der Waals surface area (Å²) >= 11 is 2.24. The maximum atomic E-state index is 12.2. The molecule has 0 heterocycles. The normalized spacial score (nSPS) is 12.3. The van der Waals surface area contributed by atoms with E-state index in [1.165, 1.54) is 0 Å². The molecule has 1 aromatic rings. The Morgan fingerprint density at radius 1 is 1.56 bits per heavy atom. The maximum absolute atomic E-state index is 12.2. The van der Waals surface area contributed by atoms with Gasteiger partial charge in [-0.2, -0.15) is 0 Å². The van der Waals surface area contributed by atoms with Crippen molar-refractivity contribution in [2.24, 2.45) is 5.73 Å². The Morgan fingerprint density at radius 2 is 2.19 bits per heavy atom. The molecule has 0 spiro atoms. The smallest absolute Gasteiger partial charge is 0.254 e. The molecule has 2 N–H and O–H groups in total. The summed E-state index contributed by atoms with van der Waals surface area (Å²) in [6, 6.07) is 5.83. The van der Waals surface area contributed by atoms with Crippen LogP contribution in [0.15, 0.2) is 18.2 Å². The SMILES string of the molecule is Cc1c(I)cccc1C(=O)N(C)C(C)CN. The van der Waals surface area contributed by atoms with Crippen LogP contribution in [0.3, 0.4) is 0 Å². The zero-order chi connectivity index (χ0) is 12.3. The van der Waals surface area contributed by atoms with Crippen molar-refractivity contribution >= 4 is 28.5 Å². The number of hydrogen-bond acceptors (Lipinski definition) is 2. The molecule has 1 aromatic carbocycles. The molecule has 0 fully saturated rings. The molecule has 1 unspecified atom stereocenters. The van der Waals surface area contributed by atoms with E-state index in [0.29, 0.717) is 6.54 Å². The van der Waals surface area contributed by atoms with Crippen LogP contribution in [0, 0.1) is 10.5 Å². The first-order valence-corrected chi connectivity index (χ1v) is 6.29. The maximum Gasteiger partial charge on any atom is 0.254 e. The molecule has 1 rings (SSSR count). The Morgan fingerprint density at radius 3 is 2.75 bits per heavy atom. The highest BCUT2D eigenvalue weighted by Crippen LogP contribution is 2.17. The van der Waals surface area contributed by atoms with Crippen molar-refractivity contribution in [2.75, 3.05) is 13.6 Å². The van der Waals surface area contributed by atoms with E-state index in [0.717, 1.165) is 14.7 Å². The van der Waals surface area contributed by atoms with Gasteiger partial charge >= 0.3 is 0 Å². The molecule has 88 valence electrons. The summed E-state index contributed by atoms with van der Waals surface area (Å²) < 4.78 is 1.11. The highest BCUT2D eigenvalue weighted by Gasteiger charge is 2.18. The molecule has 0 saturated carbocycles. The van der Waals surface area contributed by atoms with Gasteiger partial charge in [0.1, 0.15) is 0 Å². The third-order valence-electron chi connectivity index (χ3n) is 2.82. The molecule has 0 aliphatic rings. The van der Waals surface area contributed by atoms with Gasteiger partial charge in [0, 0.05) is 28.8 Å². The zero-order valence-corrected chi connectivity index (χ0v) is 12.0. The topological polar surface area (TPSA) is 46.3 Å². The summed E-state index contributed by atoms with van der Waals surface area (Å²) in [6.45, 7) is 4.39. The molecule has 16 heavy (non-hydrogen) atoms. The first kappa shape index (κ1) is 13.4. The van der Waals surface area contributed by atoms with E-state index >= 15 is 0 Å². The second kappa shape index (κ2) is 5.63. The summed E-state index contributed by atoms with van der Waals surface area (Å²) in [6.07, 6.45) is 0. The Labute approximate surface area is 110 Å². The van der Waals surface area contributed by atoms with E-state index in [2.05, 4.69) is 22.6 Å². The highest BCUT2D eigenvalue weighted by atomic mass is 127. The van der Waals surface area contributed by atoms with Gasteiger partial charge in [0.15, 0.2) is 0 Å². The molecule has 1 atom stereocenters. The van der Waals surface area contributed by atoms with Crippen LogP contribution >= 0.6 is 22.6 Å². The summed E-state index contributed by atoms with van der Waals surface area (Å²) in [5.74, 6) is 0.0361. The summed E-state index contributed by atoms with van der Waals surface area (Å²) in [7, 11) is 1.79. The van der Waals surface area contributed by atoms with Gasteiger partial charge in [-0.3, -0.25) is 4.79 Å². The lowest BCUT2D eigenvalue weighted by atomic mass is 10.1. The van der Waals surface area contributed by atoms with E-state index in [9.17, 15) is 4.79 Å². The van der Waals surface area contributed by atoms with Crippen LogP contribution < -0.4 is 5.73 Å². The van der Waals surface area contributed by atoms with Gasteiger partial charge in [0.05, 0.1) is 0 Å². The van der Waals surface area contributed by atoms with Crippen LogP contribution in [-0.4, -0.2) is 30.4 Å². The highest BCUT2D eigenvalue weighted by molar-refractivity contribution is 14.1. The molecule has 0 aliphatic carbocycles. The molecule has 0 radical (unpaired) electrons. The Hall–Kier alpha value is -0.620. The van der Waals surface area contributed by atoms with Crippen molar-refractivity contribution in [3.8, 4) is 0 Å². The van der Waals surface area contributed by atoms with Crippen LogP contribution in [0.1, 0.15) is 22.8 Å². The van der Waals surface area contributed by atoms with Crippen molar-refractivity contribution in [1.82, 2.24) is 4.90 Å². The number of halogens is 1. The average Bonchev–Trinajstić information content (AvgIpc) is 2.29. The lowest BCUT2D eigenvalue weighted by Gasteiger charge is -2.24. The average molecular weight is 332 g/mol. The number of amides is 1. The monoisotopic (exact) mass is 332 g/mol. The molecular weight excluding hydrogens is 315 g/mol. The fourth-order valence-corrected chi connectivity index (χ4v) is 1.89. The third-order valence-corrected chi connectivity index (χ3v) is 3.99. The summed E-state index contributed by atoms with van der Waals surface area (Å²) in [5, 5.41) is 0. The molecule has 0 bridgehead atoms. The predicted octanol–water partition coefficient (Wildman–Crippen LogP) is 2.02.